The quantitative estimate of drug-likeness (QED) is 0.550. The minimum Gasteiger partial charge on any atom is -0.394 e. The Morgan fingerprint density at radius 3 is 2.89 bits per heavy atom. The van der Waals surface area contributed by atoms with Crippen molar-refractivity contribution in [2.75, 3.05) is 30.8 Å². The first-order valence-electron chi connectivity index (χ1n) is 6.35. The van der Waals surface area contributed by atoms with E-state index >= 15 is 0 Å². The summed E-state index contributed by atoms with van der Waals surface area (Å²) < 4.78 is 7.35. The summed E-state index contributed by atoms with van der Waals surface area (Å²) in [6, 6.07) is 0. The van der Waals surface area contributed by atoms with Crippen LogP contribution < -0.4 is 11.1 Å². The third-order valence-corrected chi connectivity index (χ3v) is 2.50. The topological polar surface area (TPSA) is 65.1 Å². The molecule has 1 aromatic heterocycles. The summed E-state index contributed by atoms with van der Waals surface area (Å²) in [5.41, 5.74) is 8.62. The molecule has 0 atom stereocenters. The maximum atomic E-state index is 6.00. The van der Waals surface area contributed by atoms with E-state index in [1.807, 2.05) is 18.5 Å². The first-order chi connectivity index (χ1) is 8.56. The summed E-state index contributed by atoms with van der Waals surface area (Å²) in [6.45, 7) is 12.6. The average Bonchev–Trinajstić information content (AvgIpc) is 2.56. The van der Waals surface area contributed by atoms with E-state index < -0.39 is 0 Å². The Labute approximate surface area is 109 Å². The van der Waals surface area contributed by atoms with Crippen LogP contribution in [0.25, 0.3) is 0 Å². The van der Waals surface area contributed by atoms with Gasteiger partial charge in [0, 0.05) is 13.1 Å². The van der Waals surface area contributed by atoms with Crippen LogP contribution in [0.15, 0.2) is 12.2 Å². The highest BCUT2D eigenvalue weighted by Crippen LogP contribution is 2.22. The van der Waals surface area contributed by atoms with Crippen LogP contribution in [0.2, 0.25) is 0 Å². The van der Waals surface area contributed by atoms with Crippen LogP contribution in [0.5, 0.6) is 0 Å². The molecule has 0 radical (unpaired) electrons. The van der Waals surface area contributed by atoms with Gasteiger partial charge in [0.1, 0.15) is 5.82 Å². The molecule has 0 aliphatic heterocycles. The van der Waals surface area contributed by atoms with Gasteiger partial charge in [-0.15, -0.1) is 0 Å². The molecule has 5 heteroatoms. The molecule has 3 N–H and O–H groups in total. The standard InChI is InChI=1S/C13H24N4O/c1-5-7-17-13(12(14)11(4)16-17)15-6-8-18-9-10(2)3/h15H,2,5-9,14H2,1,3-4H3. The van der Waals surface area contributed by atoms with Crippen LogP contribution >= 0.6 is 0 Å². The van der Waals surface area contributed by atoms with E-state index in [0.29, 0.717) is 19.8 Å². The Morgan fingerprint density at radius 2 is 2.28 bits per heavy atom. The molecule has 0 fully saturated rings. The highest BCUT2D eigenvalue weighted by atomic mass is 16.5. The molecule has 0 unspecified atom stereocenters. The Morgan fingerprint density at radius 1 is 1.56 bits per heavy atom. The van der Waals surface area contributed by atoms with Gasteiger partial charge in [0.05, 0.1) is 24.6 Å². The van der Waals surface area contributed by atoms with Crippen LogP contribution in [0.4, 0.5) is 11.5 Å². The van der Waals surface area contributed by atoms with Crippen molar-refractivity contribution in [1.29, 1.82) is 0 Å². The van der Waals surface area contributed by atoms with E-state index in [-0.39, 0.29) is 0 Å². The number of ether oxygens (including phenoxy) is 1. The van der Waals surface area contributed by atoms with Crippen LogP contribution in [-0.4, -0.2) is 29.5 Å². The van der Waals surface area contributed by atoms with Crippen molar-refractivity contribution in [3.8, 4) is 0 Å². The first-order valence-corrected chi connectivity index (χ1v) is 6.35. The number of rotatable bonds is 8. The van der Waals surface area contributed by atoms with E-state index in [1.54, 1.807) is 0 Å². The minimum absolute atomic E-state index is 0.602. The fourth-order valence-electron chi connectivity index (χ4n) is 1.64. The summed E-state index contributed by atoms with van der Waals surface area (Å²) in [6.07, 6.45) is 1.03. The predicted molar refractivity (Wildman–Crippen MR) is 75.8 cm³/mol. The highest BCUT2D eigenvalue weighted by molar-refractivity contribution is 5.64. The molecule has 102 valence electrons. The van der Waals surface area contributed by atoms with Gasteiger partial charge in [-0.3, -0.25) is 0 Å². The van der Waals surface area contributed by atoms with E-state index in [1.165, 1.54) is 0 Å². The third-order valence-electron chi connectivity index (χ3n) is 2.50. The lowest BCUT2D eigenvalue weighted by Crippen LogP contribution is -2.14. The number of anilines is 2. The second-order valence-electron chi connectivity index (χ2n) is 4.51. The van der Waals surface area contributed by atoms with Crippen LogP contribution in [0.3, 0.4) is 0 Å². The fraction of sp³-hybridized carbons (Fsp3) is 0.615. The number of aromatic nitrogens is 2. The Bertz CT molecular complexity index is 398. The second kappa shape index (κ2) is 7.06. The molecular weight excluding hydrogens is 228 g/mol. The lowest BCUT2D eigenvalue weighted by molar-refractivity contribution is 0.167. The molecule has 1 heterocycles. The summed E-state index contributed by atoms with van der Waals surface area (Å²) in [7, 11) is 0. The van der Waals surface area contributed by atoms with Gasteiger partial charge in [-0.25, -0.2) is 4.68 Å². The van der Waals surface area contributed by atoms with Crippen molar-refractivity contribution in [3.63, 3.8) is 0 Å². The Hall–Kier alpha value is -1.49. The summed E-state index contributed by atoms with van der Waals surface area (Å²) >= 11 is 0. The maximum Gasteiger partial charge on any atom is 0.148 e. The van der Waals surface area contributed by atoms with Gasteiger partial charge in [-0.2, -0.15) is 5.10 Å². The van der Waals surface area contributed by atoms with Gasteiger partial charge in [0.15, 0.2) is 0 Å². The molecule has 0 saturated carbocycles. The number of nitrogens with one attached hydrogen (secondary N) is 1. The molecule has 0 aliphatic rings. The van der Waals surface area contributed by atoms with Gasteiger partial charge in [0.2, 0.25) is 0 Å². The Balaban J connectivity index is 2.47. The molecule has 18 heavy (non-hydrogen) atoms. The third kappa shape index (κ3) is 4.07. The largest absolute Gasteiger partial charge is 0.394 e. The van der Waals surface area contributed by atoms with E-state index in [4.69, 9.17) is 10.5 Å². The van der Waals surface area contributed by atoms with Gasteiger partial charge in [0.25, 0.3) is 0 Å². The number of hydrogen-bond acceptors (Lipinski definition) is 4. The van der Waals surface area contributed by atoms with Crippen molar-refractivity contribution in [2.24, 2.45) is 0 Å². The van der Waals surface area contributed by atoms with Gasteiger partial charge in [-0.05, 0) is 20.3 Å². The zero-order valence-corrected chi connectivity index (χ0v) is 11.6. The van der Waals surface area contributed by atoms with Gasteiger partial charge < -0.3 is 15.8 Å². The van der Waals surface area contributed by atoms with Gasteiger partial charge >= 0.3 is 0 Å². The van der Waals surface area contributed by atoms with Crippen LogP contribution in [0.1, 0.15) is 26.0 Å². The summed E-state index contributed by atoms with van der Waals surface area (Å²) in [5.74, 6) is 0.897. The van der Waals surface area contributed by atoms with Crippen molar-refractivity contribution >= 4 is 11.5 Å². The molecule has 0 amide bonds. The number of nitrogen functional groups attached to an aromatic ring is 1. The van der Waals surface area contributed by atoms with E-state index in [2.05, 4.69) is 23.9 Å². The first kappa shape index (κ1) is 14.6. The van der Waals surface area contributed by atoms with Crippen LogP contribution in [-0.2, 0) is 11.3 Å². The molecule has 0 aliphatic carbocycles. The van der Waals surface area contributed by atoms with E-state index in [0.717, 1.165) is 35.7 Å². The molecule has 0 spiro atoms. The smallest absolute Gasteiger partial charge is 0.148 e. The van der Waals surface area contributed by atoms with E-state index in [9.17, 15) is 0 Å². The second-order valence-corrected chi connectivity index (χ2v) is 4.51. The maximum absolute atomic E-state index is 6.00. The zero-order valence-electron chi connectivity index (χ0n) is 11.6. The summed E-state index contributed by atoms with van der Waals surface area (Å²) in [4.78, 5) is 0. The summed E-state index contributed by atoms with van der Waals surface area (Å²) in [5, 5.41) is 7.68. The fourth-order valence-corrected chi connectivity index (χ4v) is 1.64. The molecule has 0 saturated heterocycles. The molecule has 1 rings (SSSR count). The molecule has 5 nitrogen and oxygen atoms in total. The highest BCUT2D eigenvalue weighted by Gasteiger charge is 2.10. The SMILES string of the molecule is C=C(C)COCCNc1c(N)c(C)nn1CCC. The van der Waals surface area contributed by atoms with Crippen molar-refractivity contribution < 1.29 is 4.74 Å². The monoisotopic (exact) mass is 252 g/mol. The Kier molecular flexibility index (Phi) is 5.71. The average molecular weight is 252 g/mol. The minimum atomic E-state index is 0.602. The number of nitrogens with two attached hydrogens (primary N) is 1. The van der Waals surface area contributed by atoms with Crippen molar-refractivity contribution in [3.05, 3.63) is 17.8 Å². The molecular formula is C13H24N4O. The lowest BCUT2D eigenvalue weighted by Gasteiger charge is -2.10. The lowest BCUT2D eigenvalue weighted by atomic mass is 10.4. The molecule has 1 aromatic rings. The normalized spacial score (nSPS) is 10.6. The van der Waals surface area contributed by atoms with Crippen molar-refractivity contribution in [2.45, 2.75) is 33.7 Å². The number of hydrogen-bond donors (Lipinski definition) is 2. The van der Waals surface area contributed by atoms with Crippen LogP contribution in [0, 0.1) is 6.92 Å². The number of aryl methyl sites for hydroxylation is 2. The zero-order chi connectivity index (χ0) is 13.5. The molecule has 0 bridgehead atoms. The molecule has 0 aromatic carbocycles. The van der Waals surface area contributed by atoms with Crippen molar-refractivity contribution in [1.82, 2.24) is 9.78 Å². The number of nitrogens with zero attached hydrogens (tertiary/aromatic N) is 2. The van der Waals surface area contributed by atoms with Gasteiger partial charge in [-0.1, -0.05) is 19.1 Å². The predicted octanol–water partition coefficient (Wildman–Crippen LogP) is 2.19.